The number of esters is 1. The Bertz CT molecular complexity index is 955. The molecule has 0 aliphatic carbocycles. The molecule has 0 radical (unpaired) electrons. The number of nitrogens with zero attached hydrogens (tertiary/aromatic N) is 4. The number of methoxy groups -OCH3 is 1. The van der Waals surface area contributed by atoms with Gasteiger partial charge in [-0.1, -0.05) is 51.4 Å². The Morgan fingerprint density at radius 2 is 1.83 bits per heavy atom. The molecule has 156 valence electrons. The third-order valence-electron chi connectivity index (χ3n) is 3.72. The monoisotopic (exact) mass is 420 g/mol. The summed E-state index contributed by atoms with van der Waals surface area (Å²) in [6.45, 7) is 8.00. The smallest absolute Gasteiger partial charge is 0.310 e. The van der Waals surface area contributed by atoms with Gasteiger partial charge >= 0.3 is 5.97 Å². The summed E-state index contributed by atoms with van der Waals surface area (Å²) >= 11 is 6.24. The third-order valence-corrected chi connectivity index (χ3v) is 4.04. The molecule has 8 nitrogen and oxygen atoms in total. The Morgan fingerprint density at radius 3 is 2.38 bits per heavy atom. The first-order valence-corrected chi connectivity index (χ1v) is 9.68. The van der Waals surface area contributed by atoms with E-state index in [9.17, 15) is 14.9 Å². The van der Waals surface area contributed by atoms with Gasteiger partial charge in [0.25, 0.3) is 5.69 Å². The normalized spacial score (nSPS) is 9.72. The molecular formula is C20H25ClN4O4. The SMILES string of the molecule is CC.CC.COC(=O)Cc1c(Cl)nc(Cc2ccc([N+](=O)[O-])cc2)n2ccnc12. The van der Waals surface area contributed by atoms with Crippen LogP contribution in [-0.2, 0) is 22.4 Å². The first-order valence-electron chi connectivity index (χ1n) is 9.30. The highest BCUT2D eigenvalue weighted by Crippen LogP contribution is 2.22. The minimum atomic E-state index is -0.450. The Kier molecular flexibility index (Phi) is 9.74. The second-order valence-electron chi connectivity index (χ2n) is 5.27. The van der Waals surface area contributed by atoms with E-state index in [0.29, 0.717) is 23.5 Å². The van der Waals surface area contributed by atoms with Gasteiger partial charge in [0.2, 0.25) is 0 Å². The Labute approximate surface area is 174 Å². The van der Waals surface area contributed by atoms with Crippen LogP contribution in [-0.4, -0.2) is 32.4 Å². The average Bonchev–Trinajstić information content (AvgIpc) is 3.24. The largest absolute Gasteiger partial charge is 0.469 e. The van der Waals surface area contributed by atoms with E-state index in [2.05, 4.69) is 14.7 Å². The van der Waals surface area contributed by atoms with Gasteiger partial charge in [0.15, 0.2) is 0 Å². The minimum Gasteiger partial charge on any atom is -0.469 e. The highest BCUT2D eigenvalue weighted by molar-refractivity contribution is 6.30. The van der Waals surface area contributed by atoms with E-state index in [1.165, 1.54) is 19.2 Å². The molecule has 9 heteroatoms. The van der Waals surface area contributed by atoms with E-state index in [1.54, 1.807) is 28.9 Å². The molecule has 0 aliphatic rings. The molecule has 1 aromatic carbocycles. The highest BCUT2D eigenvalue weighted by Gasteiger charge is 2.17. The second kappa shape index (κ2) is 11.8. The van der Waals surface area contributed by atoms with E-state index in [-0.39, 0.29) is 17.3 Å². The summed E-state index contributed by atoms with van der Waals surface area (Å²) in [5, 5.41) is 10.9. The van der Waals surface area contributed by atoms with Gasteiger partial charge in [-0.25, -0.2) is 9.97 Å². The van der Waals surface area contributed by atoms with Crippen LogP contribution >= 0.6 is 11.6 Å². The van der Waals surface area contributed by atoms with Gasteiger partial charge in [-0.15, -0.1) is 0 Å². The number of non-ortho nitro benzene ring substituents is 1. The number of halogens is 1. The van der Waals surface area contributed by atoms with Gasteiger partial charge in [0, 0.05) is 36.5 Å². The molecule has 0 saturated carbocycles. The number of fused-ring (bicyclic) bond motifs is 1. The lowest BCUT2D eigenvalue weighted by atomic mass is 10.1. The fraction of sp³-hybridized carbons (Fsp3) is 0.350. The molecule has 29 heavy (non-hydrogen) atoms. The average molecular weight is 421 g/mol. The molecule has 0 atom stereocenters. The van der Waals surface area contributed by atoms with Crippen molar-refractivity contribution in [3.8, 4) is 0 Å². The van der Waals surface area contributed by atoms with E-state index >= 15 is 0 Å². The Balaban J connectivity index is 0.000000989. The van der Waals surface area contributed by atoms with Gasteiger partial charge in [-0.3, -0.25) is 19.3 Å². The summed E-state index contributed by atoms with van der Waals surface area (Å²) in [5.74, 6) is 0.177. The molecule has 0 amide bonds. The number of rotatable bonds is 5. The molecule has 0 bridgehead atoms. The summed E-state index contributed by atoms with van der Waals surface area (Å²) in [7, 11) is 1.30. The molecule has 2 heterocycles. The van der Waals surface area contributed by atoms with Crippen LogP contribution in [0, 0.1) is 10.1 Å². The maximum Gasteiger partial charge on any atom is 0.310 e. The molecule has 3 aromatic rings. The minimum absolute atomic E-state index is 0.0240. The first kappa shape index (κ1) is 24.0. The summed E-state index contributed by atoms with van der Waals surface area (Å²) in [6.07, 6.45) is 3.69. The van der Waals surface area contributed by atoms with Crippen molar-refractivity contribution < 1.29 is 14.5 Å². The number of nitro groups is 1. The van der Waals surface area contributed by atoms with Crippen LogP contribution in [0.15, 0.2) is 36.7 Å². The lowest BCUT2D eigenvalue weighted by molar-refractivity contribution is -0.384. The van der Waals surface area contributed by atoms with Gasteiger partial charge in [-0.2, -0.15) is 0 Å². The van der Waals surface area contributed by atoms with Crippen LogP contribution in [0.1, 0.15) is 44.6 Å². The summed E-state index contributed by atoms with van der Waals surface area (Å²) < 4.78 is 6.42. The summed E-state index contributed by atoms with van der Waals surface area (Å²) in [5.41, 5.74) is 1.88. The van der Waals surface area contributed by atoms with Crippen LogP contribution < -0.4 is 0 Å². The molecular weight excluding hydrogens is 396 g/mol. The third kappa shape index (κ3) is 5.99. The fourth-order valence-corrected chi connectivity index (χ4v) is 2.72. The molecule has 2 aromatic heterocycles. The van der Waals surface area contributed by atoms with Gasteiger partial charge in [0.1, 0.15) is 16.6 Å². The van der Waals surface area contributed by atoms with Crippen molar-refractivity contribution in [3.63, 3.8) is 0 Å². The standard InChI is InChI=1S/C16H13ClN4O4.2C2H6/c1-25-14(22)9-12-15(17)19-13(20-7-6-18-16(12)20)8-10-2-4-11(5-3-10)21(23)24;2*1-2/h2-7H,8-9H2,1H3;2*1-2H3. The fourth-order valence-electron chi connectivity index (χ4n) is 2.47. The Hall–Kier alpha value is -3.00. The van der Waals surface area contributed by atoms with E-state index in [4.69, 9.17) is 11.6 Å². The van der Waals surface area contributed by atoms with Gasteiger partial charge < -0.3 is 4.74 Å². The molecule has 0 N–H and O–H groups in total. The zero-order valence-corrected chi connectivity index (χ0v) is 17.9. The second-order valence-corrected chi connectivity index (χ2v) is 5.63. The van der Waals surface area contributed by atoms with E-state index < -0.39 is 10.9 Å². The lowest BCUT2D eigenvalue weighted by Gasteiger charge is -2.10. The zero-order chi connectivity index (χ0) is 22.0. The van der Waals surface area contributed by atoms with Crippen LogP contribution in [0.4, 0.5) is 5.69 Å². The van der Waals surface area contributed by atoms with Crippen molar-refractivity contribution in [1.29, 1.82) is 0 Å². The number of benzene rings is 1. The predicted molar refractivity (Wildman–Crippen MR) is 112 cm³/mol. The van der Waals surface area contributed by atoms with Crippen LogP contribution in [0.2, 0.25) is 5.15 Å². The van der Waals surface area contributed by atoms with Crippen molar-refractivity contribution in [1.82, 2.24) is 14.4 Å². The first-order chi connectivity index (χ1) is 14.0. The predicted octanol–water partition coefficient (Wildman–Crippen LogP) is 4.65. The summed E-state index contributed by atoms with van der Waals surface area (Å²) in [4.78, 5) is 30.5. The van der Waals surface area contributed by atoms with Crippen molar-refractivity contribution in [2.75, 3.05) is 7.11 Å². The number of hydrogen-bond acceptors (Lipinski definition) is 6. The number of imidazole rings is 1. The van der Waals surface area contributed by atoms with Crippen LogP contribution in [0.5, 0.6) is 0 Å². The van der Waals surface area contributed by atoms with Crippen molar-refractivity contribution in [3.05, 3.63) is 68.9 Å². The number of aromatic nitrogens is 3. The zero-order valence-electron chi connectivity index (χ0n) is 17.2. The van der Waals surface area contributed by atoms with Gasteiger partial charge in [0.05, 0.1) is 18.5 Å². The van der Waals surface area contributed by atoms with Crippen molar-refractivity contribution in [2.45, 2.75) is 40.5 Å². The lowest BCUT2D eigenvalue weighted by Crippen LogP contribution is -2.10. The van der Waals surface area contributed by atoms with Crippen molar-refractivity contribution >= 4 is 28.9 Å². The number of nitro benzene ring substituents is 1. The maximum atomic E-state index is 11.6. The topological polar surface area (TPSA) is 99.6 Å². The van der Waals surface area contributed by atoms with Crippen LogP contribution in [0.3, 0.4) is 0 Å². The quantitative estimate of drug-likeness (QED) is 0.258. The maximum absolute atomic E-state index is 11.6. The highest BCUT2D eigenvalue weighted by atomic mass is 35.5. The number of carbonyl (C=O) groups excluding carboxylic acids is 1. The number of ether oxygens (including phenoxy) is 1. The van der Waals surface area contributed by atoms with Crippen LogP contribution in [0.25, 0.3) is 5.65 Å². The molecule has 0 spiro atoms. The molecule has 0 fully saturated rings. The summed E-state index contributed by atoms with van der Waals surface area (Å²) in [6, 6.07) is 6.21. The molecule has 0 unspecified atom stereocenters. The Morgan fingerprint density at radius 1 is 1.21 bits per heavy atom. The van der Waals surface area contributed by atoms with E-state index in [0.717, 1.165) is 5.56 Å². The van der Waals surface area contributed by atoms with Crippen molar-refractivity contribution in [2.24, 2.45) is 0 Å². The van der Waals surface area contributed by atoms with E-state index in [1.807, 2.05) is 27.7 Å². The number of carbonyl (C=O) groups is 1. The van der Waals surface area contributed by atoms with Gasteiger partial charge in [-0.05, 0) is 5.56 Å². The molecule has 3 rings (SSSR count). The number of hydrogen-bond donors (Lipinski definition) is 0. The molecule has 0 aliphatic heterocycles. The molecule has 0 saturated heterocycles.